The number of nitrogens with zero attached hydrogens (tertiary/aromatic N) is 2. The van der Waals surface area contributed by atoms with Gasteiger partial charge in [-0.2, -0.15) is 0 Å². The molecule has 0 radical (unpaired) electrons. The molecule has 120 valence electrons. The number of hydrogen-bond donors (Lipinski definition) is 0. The fourth-order valence-electron chi connectivity index (χ4n) is 2.81. The van der Waals surface area contributed by atoms with Crippen molar-refractivity contribution >= 4 is 24.6 Å². The number of halogens is 2. The van der Waals surface area contributed by atoms with Gasteiger partial charge in [-0.25, -0.2) is 0 Å². The lowest BCUT2D eigenvalue weighted by molar-refractivity contribution is -0.343. The summed E-state index contributed by atoms with van der Waals surface area (Å²) in [7, 11) is -4.15. The van der Waals surface area contributed by atoms with E-state index < -0.39 is 7.04 Å². The van der Waals surface area contributed by atoms with E-state index in [1.54, 1.807) is 36.4 Å². The molecule has 0 bridgehead atoms. The van der Waals surface area contributed by atoms with Crippen molar-refractivity contribution in [2.45, 2.75) is 13.8 Å². The molecular formula is C17H19BF2N2O. The molecule has 1 heterocycles. The van der Waals surface area contributed by atoms with Crippen LogP contribution >= 0.6 is 0 Å². The quantitative estimate of drug-likeness (QED) is 0.790. The predicted molar refractivity (Wildman–Crippen MR) is 90.1 cm³/mol. The Bertz CT molecular complexity index is 731. The normalized spacial score (nSPS) is 15.4. The van der Waals surface area contributed by atoms with Crippen molar-refractivity contribution in [3.05, 3.63) is 54.1 Å². The van der Waals surface area contributed by atoms with Crippen molar-refractivity contribution in [2.75, 3.05) is 18.0 Å². The van der Waals surface area contributed by atoms with Crippen molar-refractivity contribution in [1.29, 1.82) is 0 Å². The Balaban J connectivity index is 2.05. The monoisotopic (exact) mass is 316 g/mol. The van der Waals surface area contributed by atoms with Crippen molar-refractivity contribution < 1.29 is 17.8 Å². The van der Waals surface area contributed by atoms with Crippen LogP contribution in [0.5, 0.6) is 5.75 Å². The van der Waals surface area contributed by atoms with Crippen LogP contribution in [0.1, 0.15) is 19.4 Å². The Labute approximate surface area is 134 Å². The highest BCUT2D eigenvalue weighted by molar-refractivity contribution is 6.53. The molecule has 0 amide bonds. The van der Waals surface area contributed by atoms with Gasteiger partial charge in [0.15, 0.2) is 5.69 Å². The minimum absolute atomic E-state index is 0.228. The highest BCUT2D eigenvalue weighted by atomic mass is 19.3. The van der Waals surface area contributed by atoms with Crippen LogP contribution in [0.2, 0.25) is 0 Å². The number of hydrogen-bond acceptors (Lipinski definition) is 2. The van der Waals surface area contributed by atoms with E-state index in [9.17, 15) is 8.63 Å². The molecule has 0 fully saturated rings. The van der Waals surface area contributed by atoms with Gasteiger partial charge in [-0.05, 0) is 26.0 Å². The molecule has 0 aliphatic carbocycles. The van der Waals surface area contributed by atoms with Crippen molar-refractivity contribution in [3.8, 4) is 5.75 Å². The number of rotatable bonds is 4. The third-order valence-corrected chi connectivity index (χ3v) is 4.05. The standard InChI is InChI=1S/C17H19BF2N2O/c1-3-21(4-2)16-11-10-14-13-22(15-8-6-5-7-9-15)18(19,20)23-17(14)12-16/h5-13H,3-4H2,1-2H3. The Morgan fingerprint density at radius 2 is 1.74 bits per heavy atom. The molecule has 0 saturated heterocycles. The van der Waals surface area contributed by atoms with Crippen LogP contribution in [-0.2, 0) is 0 Å². The molecular weight excluding hydrogens is 297 g/mol. The lowest BCUT2D eigenvalue weighted by Gasteiger charge is -2.29. The Kier molecular flexibility index (Phi) is 4.07. The Morgan fingerprint density at radius 1 is 1.04 bits per heavy atom. The zero-order chi connectivity index (χ0) is 16.4. The summed E-state index contributed by atoms with van der Waals surface area (Å²) in [4.78, 5) is 2.10. The number of fused-ring (bicyclic) bond motifs is 1. The van der Waals surface area contributed by atoms with E-state index in [4.69, 9.17) is 4.65 Å². The van der Waals surface area contributed by atoms with Gasteiger partial charge in [0.25, 0.3) is 0 Å². The van der Waals surface area contributed by atoms with Crippen molar-refractivity contribution in [2.24, 2.45) is 0 Å². The first-order chi connectivity index (χ1) is 11.0. The first kappa shape index (κ1) is 15.5. The van der Waals surface area contributed by atoms with Gasteiger partial charge in [0.1, 0.15) is 6.21 Å². The molecule has 0 atom stereocenters. The molecule has 3 rings (SSSR count). The third-order valence-electron chi connectivity index (χ3n) is 4.05. The summed E-state index contributed by atoms with van der Waals surface area (Å²) in [5, 5.41) is 0. The highest BCUT2D eigenvalue weighted by Gasteiger charge is 2.50. The molecule has 2 aromatic rings. The summed E-state index contributed by atoms with van der Waals surface area (Å²) in [6.07, 6.45) is 1.46. The summed E-state index contributed by atoms with van der Waals surface area (Å²) in [5.41, 5.74) is 1.95. The molecule has 6 heteroatoms. The first-order valence-corrected chi connectivity index (χ1v) is 7.82. The highest BCUT2D eigenvalue weighted by Crippen LogP contribution is 2.33. The van der Waals surface area contributed by atoms with Crippen LogP contribution in [0, 0.1) is 0 Å². The van der Waals surface area contributed by atoms with E-state index in [-0.39, 0.29) is 5.75 Å². The second-order valence-corrected chi connectivity index (χ2v) is 5.45. The summed E-state index contributed by atoms with van der Waals surface area (Å²) >= 11 is 0. The number of anilines is 1. The minimum Gasteiger partial charge on any atom is -0.599 e. The number of benzene rings is 2. The smallest absolute Gasteiger partial charge is 0.599 e. The Morgan fingerprint density at radius 3 is 2.39 bits per heavy atom. The van der Waals surface area contributed by atoms with Crippen LogP contribution in [0.25, 0.3) is 0 Å². The summed E-state index contributed by atoms with van der Waals surface area (Å²) in [6, 6.07) is 14.0. The van der Waals surface area contributed by atoms with Gasteiger partial charge in [-0.15, -0.1) is 0 Å². The Hall–Kier alpha value is -2.37. The average Bonchev–Trinajstić information content (AvgIpc) is 2.55. The maximum Gasteiger partial charge on any atom is 0.834 e. The maximum atomic E-state index is 14.5. The van der Waals surface area contributed by atoms with Gasteiger partial charge in [-0.3, -0.25) is 0 Å². The van der Waals surface area contributed by atoms with E-state index in [0.29, 0.717) is 11.3 Å². The summed E-state index contributed by atoms with van der Waals surface area (Å²) < 4.78 is 34.9. The summed E-state index contributed by atoms with van der Waals surface area (Å²) in [6.45, 7) is 5.70. The van der Waals surface area contributed by atoms with Gasteiger partial charge < -0.3 is 22.7 Å². The zero-order valence-corrected chi connectivity index (χ0v) is 13.2. The molecule has 0 aromatic heterocycles. The molecule has 3 nitrogen and oxygen atoms in total. The molecule has 23 heavy (non-hydrogen) atoms. The zero-order valence-electron chi connectivity index (χ0n) is 13.2. The minimum atomic E-state index is -4.15. The largest absolute Gasteiger partial charge is 0.834 e. The maximum absolute atomic E-state index is 14.5. The van der Waals surface area contributed by atoms with Gasteiger partial charge in [0, 0.05) is 37.0 Å². The van der Waals surface area contributed by atoms with Gasteiger partial charge in [0.2, 0.25) is 0 Å². The molecule has 0 saturated carbocycles. The predicted octanol–water partition coefficient (Wildman–Crippen LogP) is 4.06. The second kappa shape index (κ2) is 6.03. The van der Waals surface area contributed by atoms with Crippen LogP contribution in [-0.4, -0.2) is 30.8 Å². The molecule has 0 unspecified atom stereocenters. The SMILES string of the molecule is CCN(CC)c1ccc2c(c1)O[B-](F)(F)[N+](c1ccccc1)=C2. The fourth-order valence-corrected chi connectivity index (χ4v) is 2.81. The molecule has 2 aromatic carbocycles. The number of para-hydroxylation sites is 1. The second-order valence-electron chi connectivity index (χ2n) is 5.45. The lowest BCUT2D eigenvalue weighted by Crippen LogP contribution is -2.46. The first-order valence-electron chi connectivity index (χ1n) is 7.82. The lowest BCUT2D eigenvalue weighted by atomic mass is 9.98. The van der Waals surface area contributed by atoms with Gasteiger partial charge in [-0.1, -0.05) is 18.2 Å². The summed E-state index contributed by atoms with van der Waals surface area (Å²) in [5.74, 6) is 0.228. The average molecular weight is 316 g/mol. The molecule has 0 N–H and O–H groups in total. The van der Waals surface area contributed by atoms with E-state index >= 15 is 0 Å². The van der Waals surface area contributed by atoms with Crippen LogP contribution in [0.4, 0.5) is 20.0 Å². The van der Waals surface area contributed by atoms with E-state index in [0.717, 1.165) is 23.3 Å². The van der Waals surface area contributed by atoms with E-state index in [1.165, 1.54) is 6.21 Å². The van der Waals surface area contributed by atoms with Gasteiger partial charge >= 0.3 is 7.04 Å². The van der Waals surface area contributed by atoms with E-state index in [2.05, 4.69) is 4.90 Å². The van der Waals surface area contributed by atoms with Gasteiger partial charge in [0.05, 0.1) is 11.3 Å². The molecule has 1 aliphatic rings. The molecule has 1 aliphatic heterocycles. The topological polar surface area (TPSA) is 15.5 Å². The molecule has 0 spiro atoms. The van der Waals surface area contributed by atoms with E-state index in [1.807, 2.05) is 26.0 Å². The van der Waals surface area contributed by atoms with Crippen molar-refractivity contribution in [1.82, 2.24) is 0 Å². The van der Waals surface area contributed by atoms with Crippen LogP contribution < -0.4 is 9.55 Å². The third kappa shape index (κ3) is 2.93. The van der Waals surface area contributed by atoms with Crippen LogP contribution in [0.3, 0.4) is 0 Å². The fraction of sp³-hybridized carbons (Fsp3) is 0.235. The van der Waals surface area contributed by atoms with Crippen LogP contribution in [0.15, 0.2) is 48.5 Å². The van der Waals surface area contributed by atoms with Crippen molar-refractivity contribution in [3.63, 3.8) is 0 Å².